The number of amides is 1. The summed E-state index contributed by atoms with van der Waals surface area (Å²) in [6.45, 7) is 7.24. The lowest BCUT2D eigenvalue weighted by molar-refractivity contribution is 0.0677. The Morgan fingerprint density at radius 3 is 2.95 bits per heavy atom. The van der Waals surface area contributed by atoms with E-state index in [-0.39, 0.29) is 5.91 Å². The summed E-state index contributed by atoms with van der Waals surface area (Å²) in [6, 6.07) is 4.42. The van der Waals surface area contributed by atoms with Gasteiger partial charge >= 0.3 is 0 Å². The number of carbonyl (C=O) groups excluding carboxylic acids is 1. The molecule has 0 aliphatic carbocycles. The number of carbonyl (C=O) groups is 1. The van der Waals surface area contributed by atoms with Gasteiger partial charge in [0.15, 0.2) is 0 Å². The summed E-state index contributed by atoms with van der Waals surface area (Å²) in [5, 5.41) is 3.26. The van der Waals surface area contributed by atoms with Gasteiger partial charge in [-0.1, -0.05) is 13.8 Å². The topological polar surface area (TPSA) is 45.2 Å². The molecule has 2 heterocycles. The molecule has 0 aromatic carbocycles. The molecule has 20 heavy (non-hydrogen) atoms. The third kappa shape index (κ3) is 2.94. The van der Waals surface area contributed by atoms with Crippen molar-refractivity contribution in [1.29, 1.82) is 0 Å². The molecule has 110 valence electrons. The Morgan fingerprint density at radius 1 is 1.45 bits per heavy atom. The quantitative estimate of drug-likeness (QED) is 0.896. The van der Waals surface area contributed by atoms with Crippen molar-refractivity contribution in [2.75, 3.05) is 11.9 Å². The Bertz CT molecular complexity index is 461. The number of hydrogen-bond donors (Lipinski definition) is 1. The van der Waals surface area contributed by atoms with Gasteiger partial charge in [0.05, 0.1) is 5.56 Å². The van der Waals surface area contributed by atoms with Gasteiger partial charge in [0.2, 0.25) is 0 Å². The van der Waals surface area contributed by atoms with Crippen molar-refractivity contribution in [1.82, 2.24) is 9.88 Å². The molecule has 1 amide bonds. The normalized spacial score (nSPS) is 22.1. The maximum Gasteiger partial charge on any atom is 0.258 e. The van der Waals surface area contributed by atoms with E-state index in [1.165, 1.54) is 0 Å². The summed E-state index contributed by atoms with van der Waals surface area (Å²) in [5.74, 6) is 0.835. The van der Waals surface area contributed by atoms with Crippen LogP contribution in [0.3, 0.4) is 0 Å². The van der Waals surface area contributed by atoms with Gasteiger partial charge in [-0.25, -0.2) is 4.98 Å². The first kappa shape index (κ1) is 14.8. The highest BCUT2D eigenvalue weighted by atomic mass is 16.2. The Hall–Kier alpha value is -1.58. The minimum Gasteiger partial charge on any atom is -0.369 e. The predicted molar refractivity (Wildman–Crippen MR) is 82.0 cm³/mol. The first-order chi connectivity index (χ1) is 9.69. The van der Waals surface area contributed by atoms with E-state index in [4.69, 9.17) is 0 Å². The van der Waals surface area contributed by atoms with Crippen molar-refractivity contribution in [2.24, 2.45) is 0 Å². The third-order valence-corrected chi connectivity index (χ3v) is 4.07. The Kier molecular flexibility index (Phi) is 4.99. The number of likely N-dealkylation sites (tertiary alicyclic amines) is 1. The highest BCUT2D eigenvalue weighted by Gasteiger charge is 2.34. The lowest BCUT2D eigenvalue weighted by Gasteiger charge is -2.28. The summed E-state index contributed by atoms with van der Waals surface area (Å²) < 4.78 is 0. The van der Waals surface area contributed by atoms with Crippen molar-refractivity contribution in [3.63, 3.8) is 0 Å². The second-order valence-electron chi connectivity index (χ2n) is 5.53. The molecule has 1 N–H and O–H groups in total. The van der Waals surface area contributed by atoms with Crippen LogP contribution in [-0.4, -0.2) is 34.4 Å². The molecular formula is C16H25N3O. The maximum atomic E-state index is 12.9. The monoisotopic (exact) mass is 275 g/mol. The highest BCUT2D eigenvalue weighted by molar-refractivity contribution is 5.99. The minimum absolute atomic E-state index is 0.119. The van der Waals surface area contributed by atoms with Crippen molar-refractivity contribution >= 4 is 11.7 Å². The van der Waals surface area contributed by atoms with Crippen molar-refractivity contribution in [3.05, 3.63) is 23.9 Å². The van der Waals surface area contributed by atoms with E-state index in [1.54, 1.807) is 6.20 Å². The molecule has 1 aliphatic rings. The van der Waals surface area contributed by atoms with Gasteiger partial charge in [-0.3, -0.25) is 4.79 Å². The number of hydrogen-bond acceptors (Lipinski definition) is 3. The summed E-state index contributed by atoms with van der Waals surface area (Å²) in [5.41, 5.74) is 0.702. The number of pyridine rings is 1. The highest BCUT2D eigenvalue weighted by Crippen LogP contribution is 2.29. The largest absolute Gasteiger partial charge is 0.369 e. The van der Waals surface area contributed by atoms with E-state index < -0.39 is 0 Å². The zero-order chi connectivity index (χ0) is 14.5. The molecular weight excluding hydrogens is 250 g/mol. The fraction of sp³-hybridized carbons (Fsp3) is 0.625. The van der Waals surface area contributed by atoms with Gasteiger partial charge in [-0.2, -0.15) is 0 Å². The van der Waals surface area contributed by atoms with E-state index in [0.717, 1.165) is 32.2 Å². The van der Waals surface area contributed by atoms with E-state index in [9.17, 15) is 4.79 Å². The Morgan fingerprint density at radius 2 is 2.25 bits per heavy atom. The maximum absolute atomic E-state index is 12.9. The summed E-state index contributed by atoms with van der Waals surface area (Å²) in [6.07, 6.45) is 5.99. The van der Waals surface area contributed by atoms with Crippen LogP contribution in [0.15, 0.2) is 18.3 Å². The Balaban J connectivity index is 2.24. The lowest BCUT2D eigenvalue weighted by Crippen LogP contribution is -2.40. The number of nitrogens with zero attached hydrogens (tertiary/aromatic N) is 2. The lowest BCUT2D eigenvalue weighted by atomic mass is 10.1. The van der Waals surface area contributed by atoms with Crippen LogP contribution >= 0.6 is 0 Å². The first-order valence-corrected chi connectivity index (χ1v) is 7.70. The van der Waals surface area contributed by atoms with Gasteiger partial charge in [-0.05, 0) is 44.7 Å². The van der Waals surface area contributed by atoms with Gasteiger partial charge < -0.3 is 10.2 Å². The fourth-order valence-electron chi connectivity index (χ4n) is 2.94. The van der Waals surface area contributed by atoms with Gasteiger partial charge in [0, 0.05) is 24.8 Å². The molecule has 2 atom stereocenters. The van der Waals surface area contributed by atoms with Crippen LogP contribution in [0, 0.1) is 0 Å². The van der Waals surface area contributed by atoms with Crippen LogP contribution in [0.4, 0.5) is 5.82 Å². The molecule has 0 spiro atoms. The predicted octanol–water partition coefficient (Wildman–Crippen LogP) is 3.31. The number of rotatable bonds is 5. The Labute approximate surface area is 121 Å². The number of nitrogens with one attached hydrogen (secondary N) is 1. The minimum atomic E-state index is 0.119. The second kappa shape index (κ2) is 6.73. The summed E-state index contributed by atoms with van der Waals surface area (Å²) in [4.78, 5) is 19.2. The van der Waals surface area contributed by atoms with Crippen molar-refractivity contribution in [2.45, 2.75) is 58.5 Å². The molecule has 1 fully saturated rings. The van der Waals surface area contributed by atoms with E-state index in [0.29, 0.717) is 23.5 Å². The van der Waals surface area contributed by atoms with E-state index in [2.05, 4.69) is 31.1 Å². The molecule has 2 rings (SSSR count). The summed E-state index contributed by atoms with van der Waals surface area (Å²) in [7, 11) is 0. The molecule has 1 aromatic heterocycles. The smallest absolute Gasteiger partial charge is 0.258 e. The molecule has 4 heteroatoms. The molecule has 1 saturated heterocycles. The van der Waals surface area contributed by atoms with Crippen LogP contribution in [0.25, 0.3) is 0 Å². The average Bonchev–Trinajstić information content (AvgIpc) is 2.85. The number of aromatic nitrogens is 1. The van der Waals surface area contributed by atoms with E-state index in [1.807, 2.05) is 17.0 Å². The van der Waals surface area contributed by atoms with E-state index >= 15 is 0 Å². The van der Waals surface area contributed by atoms with Crippen molar-refractivity contribution < 1.29 is 4.79 Å². The average molecular weight is 275 g/mol. The molecule has 0 bridgehead atoms. The standard InChI is InChI=1S/C16H25N3O/c1-4-10-17-15-14(7-6-11-18-15)16(20)19-12(3)8-9-13(19)5-2/h6-7,11-13H,4-5,8-10H2,1-3H3,(H,17,18). The van der Waals surface area contributed by atoms with Crippen LogP contribution < -0.4 is 5.32 Å². The molecule has 0 saturated carbocycles. The van der Waals surface area contributed by atoms with Crippen LogP contribution in [0.2, 0.25) is 0 Å². The van der Waals surface area contributed by atoms with Crippen molar-refractivity contribution in [3.8, 4) is 0 Å². The first-order valence-electron chi connectivity index (χ1n) is 7.70. The zero-order valence-corrected chi connectivity index (χ0v) is 12.7. The van der Waals surface area contributed by atoms with Gasteiger partial charge in [-0.15, -0.1) is 0 Å². The zero-order valence-electron chi connectivity index (χ0n) is 12.7. The van der Waals surface area contributed by atoms with Gasteiger partial charge in [0.25, 0.3) is 5.91 Å². The van der Waals surface area contributed by atoms with Crippen LogP contribution in [-0.2, 0) is 0 Å². The SMILES string of the molecule is CCCNc1ncccc1C(=O)N1C(C)CCC1CC. The third-order valence-electron chi connectivity index (χ3n) is 4.07. The van der Waals surface area contributed by atoms with Crippen LogP contribution in [0.1, 0.15) is 56.8 Å². The van der Waals surface area contributed by atoms with Crippen LogP contribution in [0.5, 0.6) is 0 Å². The molecule has 2 unspecified atom stereocenters. The molecule has 0 radical (unpaired) electrons. The summed E-state index contributed by atoms with van der Waals surface area (Å²) >= 11 is 0. The fourth-order valence-corrected chi connectivity index (χ4v) is 2.94. The molecule has 4 nitrogen and oxygen atoms in total. The number of anilines is 1. The molecule has 1 aliphatic heterocycles. The molecule has 1 aromatic rings. The second-order valence-corrected chi connectivity index (χ2v) is 5.53. The van der Waals surface area contributed by atoms with Gasteiger partial charge in [0.1, 0.15) is 5.82 Å².